The van der Waals surface area contributed by atoms with E-state index in [0.717, 1.165) is 34.0 Å². The molecule has 0 aliphatic rings. The number of nitrogens with zero attached hydrogens (tertiary/aromatic N) is 2. The summed E-state index contributed by atoms with van der Waals surface area (Å²) >= 11 is 0. The summed E-state index contributed by atoms with van der Waals surface area (Å²) in [5.74, 6) is 1.52. The van der Waals surface area contributed by atoms with E-state index >= 15 is 0 Å². The van der Waals surface area contributed by atoms with Crippen molar-refractivity contribution in [2.24, 2.45) is 0 Å². The minimum absolute atomic E-state index is 0.576. The number of hydrogen-bond donors (Lipinski definition) is 1. The number of aliphatic hydroxyl groups excluding tert-OH is 1. The maximum absolute atomic E-state index is 11.0. The fourth-order valence-corrected chi connectivity index (χ4v) is 3.34. The highest BCUT2D eigenvalue weighted by atomic mass is 16.5. The third-order valence-corrected chi connectivity index (χ3v) is 5.10. The fourth-order valence-electron chi connectivity index (χ4n) is 3.34. The Balaban J connectivity index is 1.78. The van der Waals surface area contributed by atoms with Crippen LogP contribution in [0.2, 0.25) is 0 Å². The van der Waals surface area contributed by atoms with Gasteiger partial charge in [-0.3, -0.25) is 0 Å². The Bertz CT molecular complexity index is 1110. The van der Waals surface area contributed by atoms with Crippen LogP contribution in [0.3, 0.4) is 0 Å². The number of aliphatic hydroxyl groups is 1. The zero-order valence-electron chi connectivity index (χ0n) is 17.2. The summed E-state index contributed by atoms with van der Waals surface area (Å²) in [6.45, 7) is 2.06. The van der Waals surface area contributed by atoms with Gasteiger partial charge in [0, 0.05) is 5.56 Å². The van der Waals surface area contributed by atoms with Crippen LogP contribution in [0.1, 0.15) is 22.9 Å². The van der Waals surface area contributed by atoms with Gasteiger partial charge in [0.25, 0.3) is 0 Å². The molecule has 152 valence electrons. The van der Waals surface area contributed by atoms with Crippen molar-refractivity contribution in [2.45, 2.75) is 13.0 Å². The Morgan fingerprint density at radius 2 is 1.37 bits per heavy atom. The number of ether oxygens (including phenoxy) is 2. The number of hydrogen-bond acceptors (Lipinski definition) is 4. The molecule has 4 rings (SSSR count). The molecule has 30 heavy (non-hydrogen) atoms. The van der Waals surface area contributed by atoms with Crippen LogP contribution in [-0.4, -0.2) is 29.1 Å². The van der Waals surface area contributed by atoms with Gasteiger partial charge >= 0.3 is 0 Å². The van der Waals surface area contributed by atoms with Crippen molar-refractivity contribution in [3.05, 3.63) is 95.7 Å². The number of aromatic nitrogens is 2. The Kier molecular flexibility index (Phi) is 5.55. The van der Waals surface area contributed by atoms with Crippen LogP contribution in [0.25, 0.3) is 16.9 Å². The van der Waals surface area contributed by atoms with Crippen molar-refractivity contribution < 1.29 is 14.6 Å². The average molecular weight is 400 g/mol. The first-order valence-corrected chi connectivity index (χ1v) is 9.72. The molecule has 0 fully saturated rings. The van der Waals surface area contributed by atoms with Gasteiger partial charge in [0.1, 0.15) is 17.6 Å². The summed E-state index contributed by atoms with van der Waals surface area (Å²) < 4.78 is 12.3. The van der Waals surface area contributed by atoms with Gasteiger partial charge in [-0.2, -0.15) is 5.10 Å². The zero-order chi connectivity index (χ0) is 21.1. The van der Waals surface area contributed by atoms with Gasteiger partial charge in [-0.1, -0.05) is 42.0 Å². The summed E-state index contributed by atoms with van der Waals surface area (Å²) in [6, 6.07) is 25.3. The maximum atomic E-state index is 11.0. The van der Waals surface area contributed by atoms with Crippen LogP contribution in [-0.2, 0) is 0 Å². The summed E-state index contributed by atoms with van der Waals surface area (Å²) in [4.78, 5) is 0. The molecule has 1 aromatic heterocycles. The van der Waals surface area contributed by atoms with E-state index in [0.29, 0.717) is 5.69 Å². The molecule has 4 aromatic rings. The molecule has 0 radical (unpaired) electrons. The van der Waals surface area contributed by atoms with Gasteiger partial charge < -0.3 is 14.6 Å². The molecule has 0 aliphatic carbocycles. The van der Waals surface area contributed by atoms with Crippen molar-refractivity contribution in [1.82, 2.24) is 9.78 Å². The molecule has 5 nitrogen and oxygen atoms in total. The Hall–Kier alpha value is -3.57. The molecule has 0 saturated heterocycles. The van der Waals surface area contributed by atoms with E-state index in [1.807, 2.05) is 59.3 Å². The topological polar surface area (TPSA) is 56.5 Å². The first-order valence-electron chi connectivity index (χ1n) is 9.72. The predicted molar refractivity (Wildman–Crippen MR) is 117 cm³/mol. The molecule has 1 atom stereocenters. The third kappa shape index (κ3) is 3.93. The predicted octanol–water partition coefficient (Wildman–Crippen LogP) is 4.95. The Labute approximate surface area is 176 Å². The lowest BCUT2D eigenvalue weighted by Gasteiger charge is -2.10. The molecule has 3 aromatic carbocycles. The highest BCUT2D eigenvalue weighted by Crippen LogP contribution is 2.30. The molecule has 1 N–H and O–H groups in total. The number of rotatable bonds is 6. The van der Waals surface area contributed by atoms with Gasteiger partial charge in [0.05, 0.1) is 31.3 Å². The molecule has 0 aliphatic heterocycles. The van der Waals surface area contributed by atoms with Crippen molar-refractivity contribution in [1.29, 1.82) is 0 Å². The van der Waals surface area contributed by atoms with E-state index < -0.39 is 6.10 Å². The van der Waals surface area contributed by atoms with E-state index in [4.69, 9.17) is 14.6 Å². The molecule has 0 spiro atoms. The summed E-state index contributed by atoms with van der Waals surface area (Å²) in [7, 11) is 3.26. The molecular formula is C25H24N2O3. The first kappa shape index (κ1) is 19.7. The van der Waals surface area contributed by atoms with E-state index in [9.17, 15) is 5.11 Å². The normalized spacial score (nSPS) is 11.9. The third-order valence-electron chi connectivity index (χ3n) is 5.10. The van der Waals surface area contributed by atoms with E-state index in [2.05, 4.69) is 31.2 Å². The molecule has 0 bridgehead atoms. The quantitative estimate of drug-likeness (QED) is 0.498. The molecule has 0 saturated carbocycles. The maximum Gasteiger partial charge on any atom is 0.123 e. The SMILES string of the molecule is COc1ccc(C(O)c2cc(-c3ccc(C)cc3)n(-c3ccc(OC)cc3)n2)cc1. The molecule has 1 heterocycles. The van der Waals surface area contributed by atoms with Crippen molar-refractivity contribution in [3.63, 3.8) is 0 Å². The molecule has 1 unspecified atom stereocenters. The lowest BCUT2D eigenvalue weighted by atomic mass is 10.0. The molecule has 5 heteroatoms. The summed E-state index contributed by atoms with van der Waals surface area (Å²) in [6.07, 6.45) is -0.848. The molecule has 0 amide bonds. The number of benzene rings is 3. The van der Waals surface area contributed by atoms with Crippen LogP contribution in [0, 0.1) is 6.92 Å². The van der Waals surface area contributed by atoms with E-state index in [1.54, 1.807) is 14.2 Å². The molecular weight excluding hydrogens is 376 g/mol. The number of methoxy groups -OCH3 is 2. The van der Waals surface area contributed by atoms with Crippen LogP contribution in [0.4, 0.5) is 0 Å². The van der Waals surface area contributed by atoms with Gasteiger partial charge in [-0.15, -0.1) is 0 Å². The zero-order valence-corrected chi connectivity index (χ0v) is 17.2. The van der Waals surface area contributed by atoms with E-state index in [1.165, 1.54) is 5.56 Å². The second kappa shape index (κ2) is 8.43. The summed E-state index contributed by atoms with van der Waals surface area (Å²) in [5.41, 5.74) is 5.34. The fraction of sp³-hybridized carbons (Fsp3) is 0.160. The summed E-state index contributed by atoms with van der Waals surface area (Å²) in [5, 5.41) is 15.7. The van der Waals surface area contributed by atoms with E-state index in [-0.39, 0.29) is 0 Å². The lowest BCUT2D eigenvalue weighted by Crippen LogP contribution is -2.03. The van der Waals surface area contributed by atoms with Crippen molar-refractivity contribution in [2.75, 3.05) is 14.2 Å². The highest BCUT2D eigenvalue weighted by molar-refractivity contribution is 5.63. The van der Waals surface area contributed by atoms with Gasteiger partial charge in [0.15, 0.2) is 0 Å². The van der Waals surface area contributed by atoms with Crippen LogP contribution >= 0.6 is 0 Å². The Morgan fingerprint density at radius 1 is 0.800 bits per heavy atom. The Morgan fingerprint density at radius 3 is 1.93 bits per heavy atom. The lowest BCUT2D eigenvalue weighted by molar-refractivity contribution is 0.214. The van der Waals surface area contributed by atoms with Gasteiger partial charge in [-0.25, -0.2) is 4.68 Å². The second-order valence-corrected chi connectivity index (χ2v) is 7.11. The number of aryl methyl sites for hydroxylation is 1. The van der Waals surface area contributed by atoms with Crippen LogP contribution < -0.4 is 9.47 Å². The van der Waals surface area contributed by atoms with Gasteiger partial charge in [-0.05, 0) is 55.0 Å². The average Bonchev–Trinajstić information content (AvgIpc) is 3.24. The smallest absolute Gasteiger partial charge is 0.123 e. The van der Waals surface area contributed by atoms with Crippen LogP contribution in [0.5, 0.6) is 11.5 Å². The largest absolute Gasteiger partial charge is 0.497 e. The minimum atomic E-state index is -0.848. The first-order chi connectivity index (χ1) is 14.6. The minimum Gasteiger partial charge on any atom is -0.497 e. The van der Waals surface area contributed by atoms with Crippen molar-refractivity contribution in [3.8, 4) is 28.4 Å². The standard InChI is InChI=1S/C25H24N2O3/c1-17-4-6-18(7-5-17)24-16-23(25(28)19-8-12-21(29-2)13-9-19)26-27(24)20-10-14-22(30-3)15-11-20/h4-16,25,28H,1-3H3. The highest BCUT2D eigenvalue weighted by Gasteiger charge is 2.19. The van der Waals surface area contributed by atoms with Gasteiger partial charge in [0.2, 0.25) is 0 Å². The second-order valence-electron chi connectivity index (χ2n) is 7.11. The van der Waals surface area contributed by atoms with Crippen molar-refractivity contribution >= 4 is 0 Å². The van der Waals surface area contributed by atoms with Crippen LogP contribution in [0.15, 0.2) is 78.9 Å². The monoisotopic (exact) mass is 400 g/mol.